The molecule has 1 heterocycles. The minimum Gasteiger partial charge on any atom is -0.456 e. The molecule has 0 amide bonds. The van der Waals surface area contributed by atoms with E-state index < -0.39 is 0 Å². The molecule has 2 aliphatic carbocycles. The molecule has 0 unspecified atom stereocenters. The van der Waals surface area contributed by atoms with E-state index in [4.69, 9.17) is 4.42 Å². The average molecular weight is 703 g/mol. The van der Waals surface area contributed by atoms with E-state index in [2.05, 4.69) is 179 Å². The molecule has 55 heavy (non-hydrogen) atoms. The van der Waals surface area contributed by atoms with E-state index in [0.717, 1.165) is 11.2 Å². The van der Waals surface area contributed by atoms with Crippen molar-refractivity contribution in [2.45, 2.75) is 38.5 Å². The maximum Gasteiger partial charge on any atom is 0.136 e. The van der Waals surface area contributed by atoms with Crippen molar-refractivity contribution in [2.24, 2.45) is 0 Å². The normalized spacial score (nSPS) is 14.8. The van der Waals surface area contributed by atoms with Gasteiger partial charge in [-0.25, -0.2) is 0 Å². The Bertz CT molecular complexity index is 3260. The molecule has 1 aromatic heterocycles. The van der Waals surface area contributed by atoms with Gasteiger partial charge < -0.3 is 4.42 Å². The van der Waals surface area contributed by atoms with Crippen LogP contribution >= 0.6 is 0 Å². The summed E-state index contributed by atoms with van der Waals surface area (Å²) in [5, 5.41) is 9.98. The smallest absolute Gasteiger partial charge is 0.136 e. The van der Waals surface area contributed by atoms with Gasteiger partial charge in [0.2, 0.25) is 0 Å². The molecule has 0 atom stereocenters. The van der Waals surface area contributed by atoms with Crippen molar-refractivity contribution in [3.05, 3.63) is 180 Å². The van der Waals surface area contributed by atoms with E-state index in [1.54, 1.807) is 0 Å². The number of hydrogen-bond donors (Lipinski definition) is 0. The Labute approximate surface area is 320 Å². The summed E-state index contributed by atoms with van der Waals surface area (Å²) in [6, 6.07) is 59.1. The van der Waals surface area contributed by atoms with Crippen molar-refractivity contribution in [2.75, 3.05) is 0 Å². The van der Waals surface area contributed by atoms with Crippen LogP contribution < -0.4 is 0 Å². The highest BCUT2D eigenvalue weighted by atomic mass is 16.3. The predicted octanol–water partition coefficient (Wildman–Crippen LogP) is 15.0. The van der Waals surface area contributed by atoms with Crippen LogP contribution in [0.25, 0.3) is 98.8 Å². The summed E-state index contributed by atoms with van der Waals surface area (Å²) in [6.07, 6.45) is 0. The third-order valence-electron chi connectivity index (χ3n) is 13.2. The first-order chi connectivity index (χ1) is 26.8. The van der Waals surface area contributed by atoms with Crippen LogP contribution in [0, 0.1) is 0 Å². The van der Waals surface area contributed by atoms with Crippen LogP contribution in [0.15, 0.2) is 162 Å². The zero-order valence-corrected chi connectivity index (χ0v) is 31.4. The van der Waals surface area contributed by atoms with Crippen molar-refractivity contribution in [1.29, 1.82) is 0 Å². The summed E-state index contributed by atoms with van der Waals surface area (Å²) in [7, 11) is 0. The lowest BCUT2D eigenvalue weighted by molar-refractivity contribution is 0.660. The van der Waals surface area contributed by atoms with E-state index in [-0.39, 0.29) is 10.8 Å². The van der Waals surface area contributed by atoms with Gasteiger partial charge >= 0.3 is 0 Å². The molecule has 9 aromatic carbocycles. The summed E-state index contributed by atoms with van der Waals surface area (Å²) in [5.74, 6) is 0. The maximum absolute atomic E-state index is 6.41. The van der Waals surface area contributed by atoms with E-state index >= 15 is 0 Å². The van der Waals surface area contributed by atoms with Gasteiger partial charge in [0.1, 0.15) is 11.2 Å². The molecule has 0 spiro atoms. The molecule has 2 aliphatic rings. The van der Waals surface area contributed by atoms with Crippen LogP contribution in [0.2, 0.25) is 0 Å². The van der Waals surface area contributed by atoms with Crippen LogP contribution in [0.5, 0.6) is 0 Å². The highest BCUT2D eigenvalue weighted by Crippen LogP contribution is 2.55. The summed E-state index contributed by atoms with van der Waals surface area (Å²) < 4.78 is 6.41. The molecular formula is C54H38O. The van der Waals surface area contributed by atoms with Gasteiger partial charge in [0.15, 0.2) is 0 Å². The van der Waals surface area contributed by atoms with Gasteiger partial charge in [0, 0.05) is 21.6 Å². The second-order valence-corrected chi connectivity index (χ2v) is 16.8. The van der Waals surface area contributed by atoms with Crippen molar-refractivity contribution < 1.29 is 4.42 Å². The number of rotatable bonds is 2. The van der Waals surface area contributed by atoms with Crippen molar-refractivity contribution in [3.63, 3.8) is 0 Å². The standard InChI is InChI=1S/C54H38O/c1-53(2)44-19-11-9-13-34(44)35-24-21-32(28-46(35)53)50-37-15-5-7-17-39(37)51(40-18-8-6-16-38(40)50)33-22-25-41-47(29-33)54(3,4)45-26-23-31-27-43-36-14-10-12-20-48(36)55-49(43)30-42(31)52(41)45/h5-30H,1-4H3. The monoisotopic (exact) mass is 702 g/mol. The van der Waals surface area contributed by atoms with Gasteiger partial charge in [0.25, 0.3) is 0 Å². The molecular weight excluding hydrogens is 665 g/mol. The molecule has 260 valence electrons. The lowest BCUT2D eigenvalue weighted by Gasteiger charge is -2.24. The van der Waals surface area contributed by atoms with E-state index in [0.29, 0.717) is 0 Å². The number of fused-ring (bicyclic) bond motifs is 13. The third-order valence-corrected chi connectivity index (χ3v) is 13.2. The summed E-state index contributed by atoms with van der Waals surface area (Å²) >= 11 is 0. The van der Waals surface area contributed by atoms with E-state index in [9.17, 15) is 0 Å². The maximum atomic E-state index is 6.41. The van der Waals surface area contributed by atoms with Crippen molar-refractivity contribution in [3.8, 4) is 44.5 Å². The lowest BCUT2D eigenvalue weighted by Crippen LogP contribution is -2.15. The first-order valence-corrected chi connectivity index (χ1v) is 19.5. The van der Waals surface area contributed by atoms with Gasteiger partial charge in [-0.15, -0.1) is 0 Å². The second-order valence-electron chi connectivity index (χ2n) is 16.8. The third kappa shape index (κ3) is 4.03. The van der Waals surface area contributed by atoms with Gasteiger partial charge in [-0.1, -0.05) is 155 Å². The Morgan fingerprint density at radius 1 is 0.327 bits per heavy atom. The Balaban J connectivity index is 1.07. The molecule has 0 saturated carbocycles. The molecule has 10 aromatic rings. The van der Waals surface area contributed by atoms with Crippen LogP contribution in [0.4, 0.5) is 0 Å². The number of benzene rings is 9. The summed E-state index contributed by atoms with van der Waals surface area (Å²) in [6.45, 7) is 9.52. The van der Waals surface area contributed by atoms with Crippen LogP contribution in [0.1, 0.15) is 49.9 Å². The fraction of sp³-hybridized carbons (Fsp3) is 0.111. The van der Waals surface area contributed by atoms with Crippen LogP contribution in [-0.2, 0) is 10.8 Å². The molecule has 0 aliphatic heterocycles. The van der Waals surface area contributed by atoms with E-state index in [1.807, 2.05) is 6.07 Å². The number of para-hydroxylation sites is 1. The highest BCUT2D eigenvalue weighted by Gasteiger charge is 2.38. The average Bonchev–Trinajstić information content (AvgIpc) is 3.77. The van der Waals surface area contributed by atoms with Crippen LogP contribution in [-0.4, -0.2) is 0 Å². The minimum atomic E-state index is -0.169. The molecule has 0 saturated heterocycles. The molecule has 0 radical (unpaired) electrons. The fourth-order valence-corrected chi connectivity index (χ4v) is 10.5. The molecule has 0 bridgehead atoms. The Kier molecular flexibility index (Phi) is 5.98. The van der Waals surface area contributed by atoms with Gasteiger partial charge in [-0.3, -0.25) is 0 Å². The summed E-state index contributed by atoms with van der Waals surface area (Å²) in [4.78, 5) is 0. The molecule has 1 nitrogen and oxygen atoms in total. The number of furan rings is 1. The highest BCUT2D eigenvalue weighted by molar-refractivity contribution is 6.22. The van der Waals surface area contributed by atoms with Gasteiger partial charge in [-0.05, 0) is 129 Å². The topological polar surface area (TPSA) is 13.1 Å². The molecule has 0 fully saturated rings. The number of hydrogen-bond acceptors (Lipinski definition) is 1. The lowest BCUT2D eigenvalue weighted by atomic mass is 9.79. The van der Waals surface area contributed by atoms with E-state index in [1.165, 1.54) is 110 Å². The second kappa shape index (κ2) is 10.6. The Morgan fingerprint density at radius 3 is 1.53 bits per heavy atom. The van der Waals surface area contributed by atoms with Crippen molar-refractivity contribution in [1.82, 2.24) is 0 Å². The van der Waals surface area contributed by atoms with Gasteiger partial charge in [-0.2, -0.15) is 0 Å². The Morgan fingerprint density at radius 2 is 0.855 bits per heavy atom. The zero-order valence-electron chi connectivity index (χ0n) is 31.4. The minimum absolute atomic E-state index is 0.0638. The molecule has 12 rings (SSSR count). The molecule has 0 N–H and O–H groups in total. The first-order valence-electron chi connectivity index (χ1n) is 19.5. The Hall–Kier alpha value is -6.44. The predicted molar refractivity (Wildman–Crippen MR) is 232 cm³/mol. The zero-order chi connectivity index (χ0) is 36.8. The van der Waals surface area contributed by atoms with Gasteiger partial charge in [0.05, 0.1) is 0 Å². The molecule has 1 heteroatoms. The van der Waals surface area contributed by atoms with Crippen molar-refractivity contribution >= 4 is 54.3 Å². The quantitative estimate of drug-likeness (QED) is 0.163. The van der Waals surface area contributed by atoms with Crippen LogP contribution in [0.3, 0.4) is 0 Å². The SMILES string of the molecule is CC1(C)c2ccccc2-c2ccc(-c3c4ccccc4c(-c4ccc5c(c4)C(C)(C)c4ccc6cc7c(cc6c4-5)oc4ccccc47)c4ccccc34)cc21. The fourth-order valence-electron chi connectivity index (χ4n) is 10.5. The largest absolute Gasteiger partial charge is 0.456 e. The summed E-state index contributed by atoms with van der Waals surface area (Å²) in [5.41, 5.74) is 17.7. The first kappa shape index (κ1) is 31.0.